The van der Waals surface area contributed by atoms with Crippen LogP contribution in [0.25, 0.3) is 0 Å². The zero-order chi connectivity index (χ0) is 15.7. The maximum atomic E-state index is 13.6. The number of benzene rings is 1. The Hall–Kier alpha value is -1.96. The highest BCUT2D eigenvalue weighted by Crippen LogP contribution is 2.31. The lowest BCUT2D eigenvalue weighted by Gasteiger charge is -2.13. The summed E-state index contributed by atoms with van der Waals surface area (Å²) in [6, 6.07) is 0. The van der Waals surface area contributed by atoms with Crippen molar-refractivity contribution in [2.24, 2.45) is 0 Å². The van der Waals surface area contributed by atoms with Crippen molar-refractivity contribution in [1.82, 2.24) is 9.78 Å². The van der Waals surface area contributed by atoms with Crippen LogP contribution in [0.4, 0.5) is 22.0 Å². The van der Waals surface area contributed by atoms with E-state index in [1.165, 1.54) is 10.9 Å². The number of halogens is 5. The molecule has 1 heterocycles. The van der Waals surface area contributed by atoms with Crippen LogP contribution in [0.15, 0.2) is 12.4 Å². The molecule has 2 rings (SSSR count). The molecule has 0 bridgehead atoms. The number of aliphatic hydroxyl groups excluding tert-OH is 1. The van der Waals surface area contributed by atoms with Gasteiger partial charge in [0, 0.05) is 18.3 Å². The summed E-state index contributed by atoms with van der Waals surface area (Å²) in [6.07, 6.45) is 1.12. The van der Waals surface area contributed by atoms with E-state index in [9.17, 15) is 27.1 Å². The zero-order valence-corrected chi connectivity index (χ0v) is 10.9. The lowest BCUT2D eigenvalue weighted by Crippen LogP contribution is -2.12. The third-order valence-electron chi connectivity index (χ3n) is 2.94. The van der Waals surface area contributed by atoms with E-state index in [0.717, 1.165) is 12.6 Å². The van der Waals surface area contributed by atoms with Crippen LogP contribution in [0.3, 0.4) is 0 Å². The molecule has 0 amide bonds. The fraction of sp³-hybridized carbons (Fsp3) is 0.308. The summed E-state index contributed by atoms with van der Waals surface area (Å²) in [5, 5.41) is 13.7. The molecule has 0 aliphatic heterocycles. The molecule has 1 aromatic carbocycles. The molecular formula is C13H11F5N2O. The van der Waals surface area contributed by atoms with E-state index >= 15 is 0 Å². The van der Waals surface area contributed by atoms with E-state index in [0.29, 0.717) is 6.54 Å². The molecule has 0 saturated heterocycles. The van der Waals surface area contributed by atoms with E-state index in [1.54, 1.807) is 0 Å². The molecule has 2 aromatic rings. The van der Waals surface area contributed by atoms with Gasteiger partial charge in [-0.25, -0.2) is 22.0 Å². The molecule has 0 radical (unpaired) electrons. The quantitative estimate of drug-likeness (QED) is 0.535. The standard InChI is InChI=1S/C13H11F5N2O/c1-2-3-20-5-6(4-19-20)13(21)7-8(14)10(16)12(18)11(17)9(7)15/h4-5,13,21H,2-3H2,1H3. The van der Waals surface area contributed by atoms with Crippen LogP contribution in [0, 0.1) is 29.1 Å². The molecule has 0 aliphatic rings. The summed E-state index contributed by atoms with van der Waals surface area (Å²) in [6.45, 7) is 2.35. The number of rotatable bonds is 4. The summed E-state index contributed by atoms with van der Waals surface area (Å²) >= 11 is 0. The first-order valence-electron chi connectivity index (χ1n) is 6.10. The Morgan fingerprint density at radius 1 is 1.05 bits per heavy atom. The Morgan fingerprint density at radius 3 is 2.10 bits per heavy atom. The van der Waals surface area contributed by atoms with Crippen molar-refractivity contribution >= 4 is 0 Å². The van der Waals surface area contributed by atoms with Crippen LogP contribution in [-0.4, -0.2) is 14.9 Å². The number of aryl methyl sites for hydroxylation is 1. The Bertz CT molecular complexity index is 642. The van der Waals surface area contributed by atoms with Crippen molar-refractivity contribution in [2.75, 3.05) is 0 Å². The number of aliphatic hydroxyl groups is 1. The maximum absolute atomic E-state index is 13.6. The molecule has 8 heteroatoms. The molecule has 0 spiro atoms. The molecule has 114 valence electrons. The Balaban J connectivity index is 2.50. The van der Waals surface area contributed by atoms with Gasteiger partial charge in [-0.3, -0.25) is 4.68 Å². The number of hydrogen-bond donors (Lipinski definition) is 1. The SMILES string of the molecule is CCCn1cc(C(O)c2c(F)c(F)c(F)c(F)c2F)cn1. The molecule has 21 heavy (non-hydrogen) atoms. The number of hydrogen-bond acceptors (Lipinski definition) is 2. The molecule has 1 aromatic heterocycles. The Kier molecular flexibility index (Phi) is 4.26. The van der Waals surface area contributed by atoms with Crippen molar-refractivity contribution < 1.29 is 27.1 Å². The van der Waals surface area contributed by atoms with E-state index in [1.807, 2.05) is 6.92 Å². The van der Waals surface area contributed by atoms with Crippen molar-refractivity contribution in [3.05, 3.63) is 52.6 Å². The summed E-state index contributed by atoms with van der Waals surface area (Å²) in [5.41, 5.74) is -1.35. The first-order chi connectivity index (χ1) is 9.88. The van der Waals surface area contributed by atoms with Gasteiger partial charge < -0.3 is 5.11 Å². The van der Waals surface area contributed by atoms with Gasteiger partial charge in [-0.2, -0.15) is 5.10 Å². The molecule has 1 atom stereocenters. The monoisotopic (exact) mass is 306 g/mol. The van der Waals surface area contributed by atoms with Crippen LogP contribution in [-0.2, 0) is 6.54 Å². The summed E-state index contributed by atoms with van der Waals surface area (Å²) < 4.78 is 67.7. The molecule has 3 nitrogen and oxygen atoms in total. The highest BCUT2D eigenvalue weighted by Gasteiger charge is 2.30. The van der Waals surface area contributed by atoms with Gasteiger partial charge in [0.2, 0.25) is 5.82 Å². The number of nitrogens with zero attached hydrogens (tertiary/aromatic N) is 2. The summed E-state index contributed by atoms with van der Waals surface area (Å²) in [5.74, 6) is -10.6. The van der Waals surface area contributed by atoms with E-state index < -0.39 is 40.8 Å². The predicted molar refractivity (Wildman–Crippen MR) is 62.8 cm³/mol. The highest BCUT2D eigenvalue weighted by molar-refractivity contribution is 5.31. The lowest BCUT2D eigenvalue weighted by atomic mass is 10.0. The average Bonchev–Trinajstić information content (AvgIpc) is 2.92. The molecular weight excluding hydrogens is 295 g/mol. The fourth-order valence-corrected chi connectivity index (χ4v) is 1.90. The van der Waals surface area contributed by atoms with Crippen LogP contribution < -0.4 is 0 Å². The smallest absolute Gasteiger partial charge is 0.200 e. The van der Waals surface area contributed by atoms with Crippen LogP contribution in [0.1, 0.15) is 30.6 Å². The van der Waals surface area contributed by atoms with Crippen LogP contribution in [0.5, 0.6) is 0 Å². The third kappa shape index (κ3) is 2.63. The fourth-order valence-electron chi connectivity index (χ4n) is 1.90. The van der Waals surface area contributed by atoms with Gasteiger partial charge >= 0.3 is 0 Å². The number of aromatic nitrogens is 2. The minimum absolute atomic E-state index is 0.0633. The normalized spacial score (nSPS) is 12.7. The van der Waals surface area contributed by atoms with Gasteiger partial charge in [-0.1, -0.05) is 6.92 Å². The largest absolute Gasteiger partial charge is 0.383 e. The predicted octanol–water partition coefficient (Wildman–Crippen LogP) is 3.07. The highest BCUT2D eigenvalue weighted by atomic mass is 19.2. The van der Waals surface area contributed by atoms with Gasteiger partial charge in [0.1, 0.15) is 6.10 Å². The second-order valence-electron chi connectivity index (χ2n) is 4.42. The maximum Gasteiger partial charge on any atom is 0.200 e. The van der Waals surface area contributed by atoms with Gasteiger partial charge in [-0.05, 0) is 6.42 Å². The summed E-state index contributed by atoms with van der Waals surface area (Å²) in [7, 11) is 0. The molecule has 1 N–H and O–H groups in total. The topological polar surface area (TPSA) is 38.0 Å². The van der Waals surface area contributed by atoms with E-state index in [-0.39, 0.29) is 5.56 Å². The molecule has 1 unspecified atom stereocenters. The minimum Gasteiger partial charge on any atom is -0.383 e. The molecule has 0 fully saturated rings. The Labute approximate surface area is 116 Å². The second kappa shape index (κ2) is 5.80. The average molecular weight is 306 g/mol. The van der Waals surface area contributed by atoms with Crippen molar-refractivity contribution in [3.63, 3.8) is 0 Å². The van der Waals surface area contributed by atoms with E-state index in [2.05, 4.69) is 5.10 Å². The lowest BCUT2D eigenvalue weighted by molar-refractivity contribution is 0.202. The first kappa shape index (κ1) is 15.4. The Morgan fingerprint density at radius 2 is 1.57 bits per heavy atom. The third-order valence-corrected chi connectivity index (χ3v) is 2.94. The van der Waals surface area contributed by atoms with Crippen molar-refractivity contribution in [1.29, 1.82) is 0 Å². The van der Waals surface area contributed by atoms with Crippen molar-refractivity contribution in [2.45, 2.75) is 26.0 Å². The van der Waals surface area contributed by atoms with E-state index in [4.69, 9.17) is 0 Å². The first-order valence-corrected chi connectivity index (χ1v) is 6.10. The minimum atomic E-state index is -2.26. The van der Waals surface area contributed by atoms with Crippen LogP contribution >= 0.6 is 0 Å². The zero-order valence-electron chi connectivity index (χ0n) is 10.9. The van der Waals surface area contributed by atoms with Gasteiger partial charge in [-0.15, -0.1) is 0 Å². The van der Waals surface area contributed by atoms with Crippen molar-refractivity contribution in [3.8, 4) is 0 Å². The summed E-state index contributed by atoms with van der Waals surface area (Å²) in [4.78, 5) is 0. The van der Waals surface area contributed by atoms with Crippen LogP contribution in [0.2, 0.25) is 0 Å². The second-order valence-corrected chi connectivity index (χ2v) is 4.42. The molecule has 0 saturated carbocycles. The molecule has 0 aliphatic carbocycles. The van der Waals surface area contributed by atoms with Gasteiger partial charge in [0.05, 0.1) is 11.8 Å². The van der Waals surface area contributed by atoms with Gasteiger partial charge in [0.15, 0.2) is 23.3 Å². The van der Waals surface area contributed by atoms with Gasteiger partial charge in [0.25, 0.3) is 0 Å².